The van der Waals surface area contributed by atoms with Crippen LogP contribution in [-0.4, -0.2) is 31.6 Å². The molecule has 0 spiro atoms. The SMILES string of the molecule is COC1=C(Cl)C=NC(OC)(c2ccccc2NC(=O)O)N1. The van der Waals surface area contributed by atoms with Gasteiger partial charge in [0.2, 0.25) is 5.88 Å². The van der Waals surface area contributed by atoms with Crippen LogP contribution >= 0.6 is 11.6 Å². The molecule has 0 aliphatic carbocycles. The van der Waals surface area contributed by atoms with Gasteiger partial charge in [-0.3, -0.25) is 5.32 Å². The molecule has 7 nitrogen and oxygen atoms in total. The minimum atomic E-state index is -1.33. The van der Waals surface area contributed by atoms with Crippen LogP contribution in [-0.2, 0) is 15.3 Å². The maximum Gasteiger partial charge on any atom is 0.409 e. The second-order valence-corrected chi connectivity index (χ2v) is 4.50. The van der Waals surface area contributed by atoms with Crippen LogP contribution in [0.5, 0.6) is 0 Å². The van der Waals surface area contributed by atoms with Gasteiger partial charge in [-0.15, -0.1) is 0 Å². The highest BCUT2D eigenvalue weighted by atomic mass is 35.5. The molecule has 1 aliphatic heterocycles. The van der Waals surface area contributed by atoms with Gasteiger partial charge >= 0.3 is 6.09 Å². The monoisotopic (exact) mass is 311 g/mol. The minimum absolute atomic E-state index is 0.277. The summed E-state index contributed by atoms with van der Waals surface area (Å²) in [6.45, 7) is 0. The van der Waals surface area contributed by atoms with E-state index in [4.69, 9.17) is 26.2 Å². The largest absolute Gasteiger partial charge is 0.481 e. The summed E-state index contributed by atoms with van der Waals surface area (Å²) in [7, 11) is 2.89. The molecule has 0 bridgehead atoms. The standard InChI is InChI=1S/C13H14ClN3O4/c1-20-11-9(14)7-15-13(17-11,21-2)8-5-3-4-6-10(8)16-12(18)19/h3-7,16-17H,1-2H3,(H,18,19). The molecule has 2 rings (SSSR count). The Morgan fingerprint density at radius 1 is 1.43 bits per heavy atom. The molecule has 112 valence electrons. The first kappa shape index (κ1) is 15.1. The van der Waals surface area contributed by atoms with Crippen LogP contribution in [0.2, 0.25) is 0 Å². The molecule has 1 unspecified atom stereocenters. The lowest BCUT2D eigenvalue weighted by molar-refractivity contribution is -0.0421. The molecule has 1 aromatic rings. The number of aliphatic imine (C=N–C) groups is 1. The van der Waals surface area contributed by atoms with Gasteiger partial charge in [0.05, 0.1) is 24.6 Å². The molecule has 1 aliphatic rings. The summed E-state index contributed by atoms with van der Waals surface area (Å²) in [6.07, 6.45) is 0.201. The van der Waals surface area contributed by atoms with Gasteiger partial charge in [0.1, 0.15) is 5.03 Å². The Balaban J connectivity index is 2.48. The van der Waals surface area contributed by atoms with Gasteiger partial charge < -0.3 is 19.9 Å². The predicted molar refractivity (Wildman–Crippen MR) is 78.3 cm³/mol. The first-order valence-corrected chi connectivity index (χ1v) is 6.32. The average Bonchev–Trinajstić information content (AvgIpc) is 2.48. The van der Waals surface area contributed by atoms with Gasteiger partial charge in [-0.25, -0.2) is 9.79 Å². The van der Waals surface area contributed by atoms with E-state index >= 15 is 0 Å². The Morgan fingerprint density at radius 2 is 2.14 bits per heavy atom. The third kappa shape index (κ3) is 2.93. The van der Waals surface area contributed by atoms with E-state index in [0.29, 0.717) is 11.3 Å². The molecule has 1 heterocycles. The third-order valence-corrected chi connectivity index (χ3v) is 3.16. The number of benzene rings is 1. The molecular formula is C13H14ClN3O4. The number of halogens is 1. The molecule has 0 fully saturated rings. The zero-order valence-electron chi connectivity index (χ0n) is 11.4. The normalized spacial score (nSPS) is 20.9. The number of amides is 1. The lowest BCUT2D eigenvalue weighted by Gasteiger charge is -2.34. The van der Waals surface area contributed by atoms with E-state index < -0.39 is 11.9 Å². The van der Waals surface area contributed by atoms with Crippen LogP contribution < -0.4 is 10.6 Å². The lowest BCUT2D eigenvalue weighted by atomic mass is 10.1. The van der Waals surface area contributed by atoms with E-state index in [0.717, 1.165) is 0 Å². The van der Waals surface area contributed by atoms with Crippen molar-refractivity contribution in [2.24, 2.45) is 4.99 Å². The summed E-state index contributed by atoms with van der Waals surface area (Å²) in [5.74, 6) is -1.05. The first-order chi connectivity index (χ1) is 10.0. The Labute approximate surface area is 126 Å². The molecule has 8 heteroatoms. The zero-order chi connectivity index (χ0) is 15.5. The Hall–Kier alpha value is -2.25. The van der Waals surface area contributed by atoms with Crippen molar-refractivity contribution in [1.82, 2.24) is 5.32 Å². The van der Waals surface area contributed by atoms with Crippen LogP contribution in [0, 0.1) is 0 Å². The van der Waals surface area contributed by atoms with Crippen LogP contribution in [0.15, 0.2) is 40.2 Å². The average molecular weight is 312 g/mol. The lowest BCUT2D eigenvalue weighted by Crippen LogP contribution is -2.45. The van der Waals surface area contributed by atoms with E-state index in [-0.39, 0.29) is 10.9 Å². The number of allylic oxidation sites excluding steroid dienone is 1. The van der Waals surface area contributed by atoms with Crippen molar-refractivity contribution in [3.63, 3.8) is 0 Å². The van der Waals surface area contributed by atoms with Crippen LogP contribution in [0.25, 0.3) is 0 Å². The van der Waals surface area contributed by atoms with Gasteiger partial charge in [-0.05, 0) is 12.1 Å². The molecule has 0 saturated carbocycles. The van der Waals surface area contributed by atoms with E-state index in [1.54, 1.807) is 24.3 Å². The maximum absolute atomic E-state index is 10.9. The topological polar surface area (TPSA) is 92.2 Å². The van der Waals surface area contributed by atoms with Gasteiger partial charge in [0, 0.05) is 7.11 Å². The summed E-state index contributed by atoms with van der Waals surface area (Å²) in [6, 6.07) is 6.73. The highest BCUT2D eigenvalue weighted by molar-refractivity contribution is 6.39. The maximum atomic E-state index is 10.9. The molecule has 0 radical (unpaired) electrons. The molecule has 1 aromatic carbocycles. The second-order valence-electron chi connectivity index (χ2n) is 4.09. The number of nitrogens with one attached hydrogen (secondary N) is 2. The van der Waals surface area contributed by atoms with Crippen molar-refractivity contribution in [3.8, 4) is 0 Å². The summed E-state index contributed by atoms with van der Waals surface area (Å²) in [5, 5.41) is 14.4. The number of anilines is 1. The fourth-order valence-corrected chi connectivity index (χ4v) is 2.13. The van der Waals surface area contributed by atoms with Crippen molar-refractivity contribution in [2.75, 3.05) is 19.5 Å². The quantitative estimate of drug-likeness (QED) is 0.793. The molecule has 1 atom stereocenters. The molecule has 0 saturated heterocycles. The number of ether oxygens (including phenoxy) is 2. The van der Waals surface area contributed by atoms with Crippen molar-refractivity contribution in [2.45, 2.75) is 5.85 Å². The molecular weight excluding hydrogens is 298 g/mol. The van der Waals surface area contributed by atoms with Crippen molar-refractivity contribution in [3.05, 3.63) is 40.7 Å². The highest BCUT2D eigenvalue weighted by Crippen LogP contribution is 2.34. The summed E-state index contributed by atoms with van der Waals surface area (Å²) < 4.78 is 10.6. The number of hydrogen-bond donors (Lipinski definition) is 3. The number of hydrogen-bond acceptors (Lipinski definition) is 5. The highest BCUT2D eigenvalue weighted by Gasteiger charge is 2.37. The third-order valence-electron chi connectivity index (χ3n) is 2.89. The number of rotatable bonds is 4. The summed E-state index contributed by atoms with van der Waals surface area (Å²) in [5.41, 5.74) is 0.815. The number of nitrogens with zero attached hydrogens (tertiary/aromatic N) is 1. The number of carboxylic acid groups (broad SMARTS) is 1. The Kier molecular flexibility index (Phi) is 4.35. The summed E-state index contributed by atoms with van der Waals surface area (Å²) in [4.78, 5) is 15.1. The second kappa shape index (κ2) is 6.02. The molecule has 3 N–H and O–H groups in total. The van der Waals surface area contributed by atoms with E-state index in [1.807, 2.05) is 0 Å². The first-order valence-electron chi connectivity index (χ1n) is 5.94. The van der Waals surface area contributed by atoms with Gasteiger partial charge in [0.25, 0.3) is 5.85 Å². The predicted octanol–water partition coefficient (Wildman–Crippen LogP) is 2.26. The molecule has 0 aromatic heterocycles. The van der Waals surface area contributed by atoms with Crippen molar-refractivity contribution < 1.29 is 19.4 Å². The minimum Gasteiger partial charge on any atom is -0.481 e. The zero-order valence-corrected chi connectivity index (χ0v) is 12.1. The van der Waals surface area contributed by atoms with Crippen molar-refractivity contribution >= 4 is 29.6 Å². The van der Waals surface area contributed by atoms with Crippen molar-refractivity contribution in [1.29, 1.82) is 0 Å². The smallest absolute Gasteiger partial charge is 0.409 e. The van der Waals surface area contributed by atoms with Gasteiger partial charge in [-0.2, -0.15) is 0 Å². The van der Waals surface area contributed by atoms with E-state index in [1.165, 1.54) is 20.4 Å². The number of methoxy groups -OCH3 is 2. The molecule has 1 amide bonds. The molecule has 21 heavy (non-hydrogen) atoms. The summed E-state index contributed by atoms with van der Waals surface area (Å²) >= 11 is 5.96. The Morgan fingerprint density at radius 3 is 2.76 bits per heavy atom. The number of carbonyl (C=O) groups is 1. The fourth-order valence-electron chi connectivity index (χ4n) is 1.95. The van der Waals surface area contributed by atoms with Gasteiger partial charge in [0.15, 0.2) is 0 Å². The van der Waals surface area contributed by atoms with Gasteiger partial charge in [-0.1, -0.05) is 23.7 Å². The fraction of sp³-hybridized carbons (Fsp3) is 0.231. The van der Waals surface area contributed by atoms with Crippen LogP contribution in [0.3, 0.4) is 0 Å². The van der Waals surface area contributed by atoms with E-state index in [9.17, 15) is 4.79 Å². The van der Waals surface area contributed by atoms with Crippen LogP contribution in [0.1, 0.15) is 5.56 Å². The number of para-hydroxylation sites is 1. The van der Waals surface area contributed by atoms with Crippen LogP contribution in [0.4, 0.5) is 10.5 Å². The Bertz CT molecular complexity index is 617. The van der Waals surface area contributed by atoms with E-state index in [2.05, 4.69) is 15.6 Å².